The maximum Gasteiger partial charge on any atom is 0.226 e. The number of halogens is 1. The molecule has 4 heteroatoms. The number of hydrogen-bond donors (Lipinski definition) is 0. The normalized spacial score (nSPS) is 13.0. The molecule has 0 atom stereocenters. The molecule has 2 aromatic rings. The minimum Gasteiger partial charge on any atom is -0.487 e. The highest BCUT2D eigenvalue weighted by Crippen LogP contribution is 2.39. The SMILES string of the molecule is CCCCCC(=O)N1CCc2c1ccc(I)c2OCc1ccccc1. The number of ether oxygens (including phenoxy) is 1. The van der Waals surface area contributed by atoms with E-state index in [4.69, 9.17) is 4.74 Å². The zero-order valence-corrected chi connectivity index (χ0v) is 16.8. The van der Waals surface area contributed by atoms with Crippen LogP contribution in [0.25, 0.3) is 0 Å². The van der Waals surface area contributed by atoms with Gasteiger partial charge in [-0.2, -0.15) is 0 Å². The molecule has 1 heterocycles. The lowest BCUT2D eigenvalue weighted by Gasteiger charge is -2.18. The van der Waals surface area contributed by atoms with E-state index >= 15 is 0 Å². The van der Waals surface area contributed by atoms with Crippen LogP contribution in [0.3, 0.4) is 0 Å². The van der Waals surface area contributed by atoms with Crippen LogP contribution in [-0.2, 0) is 17.8 Å². The molecule has 25 heavy (non-hydrogen) atoms. The molecule has 1 aliphatic heterocycles. The third-order valence-electron chi connectivity index (χ3n) is 4.59. The second kappa shape index (κ2) is 8.70. The molecular weight excluding hydrogens is 425 g/mol. The van der Waals surface area contributed by atoms with Gasteiger partial charge in [-0.15, -0.1) is 0 Å². The summed E-state index contributed by atoms with van der Waals surface area (Å²) in [6.45, 7) is 3.48. The Morgan fingerprint density at radius 2 is 1.96 bits per heavy atom. The van der Waals surface area contributed by atoms with Crippen molar-refractivity contribution in [2.24, 2.45) is 0 Å². The van der Waals surface area contributed by atoms with E-state index in [1.165, 1.54) is 5.56 Å². The first kappa shape index (κ1) is 18.2. The van der Waals surface area contributed by atoms with Gasteiger partial charge >= 0.3 is 0 Å². The van der Waals surface area contributed by atoms with Gasteiger partial charge in [0, 0.05) is 18.5 Å². The number of benzene rings is 2. The van der Waals surface area contributed by atoms with Crippen molar-refractivity contribution < 1.29 is 9.53 Å². The standard InChI is InChI=1S/C21H24INO2/c1-2-3-5-10-20(24)23-14-13-17-19(23)12-11-18(22)21(17)25-15-16-8-6-4-7-9-16/h4,6-9,11-12H,2-3,5,10,13-15H2,1H3. The highest BCUT2D eigenvalue weighted by atomic mass is 127. The van der Waals surface area contributed by atoms with E-state index in [0.717, 1.165) is 52.8 Å². The topological polar surface area (TPSA) is 29.5 Å². The van der Waals surface area contributed by atoms with Gasteiger partial charge in [0.25, 0.3) is 0 Å². The average Bonchev–Trinajstić information content (AvgIpc) is 3.06. The molecule has 0 spiro atoms. The van der Waals surface area contributed by atoms with Gasteiger partial charge in [-0.1, -0.05) is 50.1 Å². The van der Waals surface area contributed by atoms with Crippen molar-refractivity contribution in [1.82, 2.24) is 0 Å². The van der Waals surface area contributed by atoms with E-state index in [1.807, 2.05) is 23.1 Å². The van der Waals surface area contributed by atoms with Gasteiger partial charge in [0.2, 0.25) is 5.91 Å². The zero-order valence-electron chi connectivity index (χ0n) is 14.6. The van der Waals surface area contributed by atoms with Crippen LogP contribution in [-0.4, -0.2) is 12.5 Å². The van der Waals surface area contributed by atoms with Crippen molar-refractivity contribution in [1.29, 1.82) is 0 Å². The predicted molar refractivity (Wildman–Crippen MR) is 110 cm³/mol. The number of hydrogen-bond acceptors (Lipinski definition) is 2. The Labute approximate surface area is 163 Å². The monoisotopic (exact) mass is 449 g/mol. The van der Waals surface area contributed by atoms with Gasteiger partial charge in [-0.3, -0.25) is 4.79 Å². The second-order valence-electron chi connectivity index (χ2n) is 6.40. The van der Waals surface area contributed by atoms with Crippen LogP contribution in [0.4, 0.5) is 5.69 Å². The molecule has 0 bridgehead atoms. The Hall–Kier alpha value is -1.56. The van der Waals surface area contributed by atoms with Crippen molar-refractivity contribution in [3.8, 4) is 5.75 Å². The van der Waals surface area contributed by atoms with Gasteiger partial charge < -0.3 is 9.64 Å². The summed E-state index contributed by atoms with van der Waals surface area (Å²) in [5, 5.41) is 0. The summed E-state index contributed by atoms with van der Waals surface area (Å²) < 4.78 is 7.25. The molecule has 3 rings (SSSR count). The van der Waals surface area contributed by atoms with Crippen LogP contribution >= 0.6 is 22.6 Å². The molecule has 3 nitrogen and oxygen atoms in total. The molecule has 2 aromatic carbocycles. The van der Waals surface area contributed by atoms with E-state index in [9.17, 15) is 4.79 Å². The maximum atomic E-state index is 12.5. The average molecular weight is 449 g/mol. The molecule has 0 N–H and O–H groups in total. The number of nitrogens with zero attached hydrogens (tertiary/aromatic N) is 1. The third-order valence-corrected chi connectivity index (χ3v) is 5.43. The van der Waals surface area contributed by atoms with Gasteiger partial charge in [0.1, 0.15) is 12.4 Å². The molecule has 1 amide bonds. The number of unbranched alkanes of at least 4 members (excludes halogenated alkanes) is 2. The lowest BCUT2D eigenvalue weighted by Crippen LogP contribution is -2.28. The van der Waals surface area contributed by atoms with Gasteiger partial charge in [0.15, 0.2) is 0 Å². The minimum absolute atomic E-state index is 0.238. The van der Waals surface area contributed by atoms with Crippen LogP contribution in [0.2, 0.25) is 0 Å². The molecule has 0 aromatic heterocycles. The number of fused-ring (bicyclic) bond motifs is 1. The van der Waals surface area contributed by atoms with E-state index in [-0.39, 0.29) is 5.91 Å². The van der Waals surface area contributed by atoms with E-state index in [2.05, 4.69) is 53.8 Å². The Morgan fingerprint density at radius 3 is 2.72 bits per heavy atom. The minimum atomic E-state index is 0.238. The molecule has 0 unspecified atom stereocenters. The molecule has 0 fully saturated rings. The number of carbonyl (C=O) groups is 1. The zero-order chi connectivity index (χ0) is 17.6. The summed E-state index contributed by atoms with van der Waals surface area (Å²) in [6.07, 6.45) is 4.74. The highest BCUT2D eigenvalue weighted by molar-refractivity contribution is 14.1. The summed E-state index contributed by atoms with van der Waals surface area (Å²) in [5.74, 6) is 1.17. The van der Waals surface area contributed by atoms with Crippen LogP contribution in [0, 0.1) is 3.57 Å². The van der Waals surface area contributed by atoms with Crippen LogP contribution < -0.4 is 9.64 Å². The molecule has 0 saturated heterocycles. The number of carbonyl (C=O) groups excluding carboxylic acids is 1. The van der Waals surface area contributed by atoms with Crippen molar-refractivity contribution in [2.75, 3.05) is 11.4 Å². The number of anilines is 1. The first-order chi connectivity index (χ1) is 12.2. The first-order valence-corrected chi connectivity index (χ1v) is 10.1. The lowest BCUT2D eigenvalue weighted by atomic mass is 10.1. The van der Waals surface area contributed by atoms with Crippen molar-refractivity contribution in [3.63, 3.8) is 0 Å². The van der Waals surface area contributed by atoms with Gasteiger partial charge in [0.05, 0.1) is 9.26 Å². The molecule has 0 radical (unpaired) electrons. The number of amides is 1. The van der Waals surface area contributed by atoms with E-state index in [1.54, 1.807) is 0 Å². The maximum absolute atomic E-state index is 12.5. The summed E-state index contributed by atoms with van der Waals surface area (Å²) in [7, 11) is 0. The highest BCUT2D eigenvalue weighted by Gasteiger charge is 2.28. The molecule has 0 saturated carbocycles. The smallest absolute Gasteiger partial charge is 0.226 e. The van der Waals surface area contributed by atoms with Crippen LogP contribution in [0.1, 0.15) is 43.7 Å². The van der Waals surface area contributed by atoms with Gasteiger partial charge in [-0.05, 0) is 53.1 Å². The predicted octanol–water partition coefficient (Wildman–Crippen LogP) is 5.34. The summed E-state index contributed by atoms with van der Waals surface area (Å²) in [4.78, 5) is 14.5. The van der Waals surface area contributed by atoms with Crippen molar-refractivity contribution in [2.45, 2.75) is 45.6 Å². The number of rotatable bonds is 7. The molecular formula is C21H24INO2. The summed E-state index contributed by atoms with van der Waals surface area (Å²) in [5.41, 5.74) is 3.36. The fraction of sp³-hybridized carbons (Fsp3) is 0.381. The fourth-order valence-electron chi connectivity index (χ4n) is 3.23. The fourth-order valence-corrected chi connectivity index (χ4v) is 3.89. The van der Waals surface area contributed by atoms with Crippen molar-refractivity contribution in [3.05, 3.63) is 57.2 Å². The lowest BCUT2D eigenvalue weighted by molar-refractivity contribution is -0.118. The Balaban J connectivity index is 1.75. The van der Waals surface area contributed by atoms with Gasteiger partial charge in [-0.25, -0.2) is 0 Å². The summed E-state index contributed by atoms with van der Waals surface area (Å²) in [6, 6.07) is 14.3. The molecule has 1 aliphatic rings. The van der Waals surface area contributed by atoms with Crippen LogP contribution in [0.5, 0.6) is 5.75 Å². The Bertz CT molecular complexity index is 730. The summed E-state index contributed by atoms with van der Waals surface area (Å²) >= 11 is 2.32. The van der Waals surface area contributed by atoms with Crippen molar-refractivity contribution >= 4 is 34.2 Å². The quantitative estimate of drug-likeness (QED) is 0.422. The molecule has 132 valence electrons. The molecule has 0 aliphatic carbocycles. The third kappa shape index (κ3) is 4.35. The first-order valence-electron chi connectivity index (χ1n) is 8.99. The Morgan fingerprint density at radius 1 is 1.16 bits per heavy atom. The Kier molecular flexibility index (Phi) is 6.34. The van der Waals surface area contributed by atoms with Crippen LogP contribution in [0.15, 0.2) is 42.5 Å². The second-order valence-corrected chi connectivity index (χ2v) is 7.56. The largest absolute Gasteiger partial charge is 0.487 e. The van der Waals surface area contributed by atoms with E-state index in [0.29, 0.717) is 13.0 Å². The van der Waals surface area contributed by atoms with E-state index < -0.39 is 0 Å².